The van der Waals surface area contributed by atoms with Crippen LogP contribution in [0.5, 0.6) is 5.75 Å². The molecular weight excluding hydrogens is 266 g/mol. The first kappa shape index (κ1) is 14.9. The number of hydrogen-bond donors (Lipinski definition) is 2. The summed E-state index contributed by atoms with van der Waals surface area (Å²) < 4.78 is 4.78. The van der Waals surface area contributed by atoms with Gasteiger partial charge in [0.1, 0.15) is 5.75 Å². The summed E-state index contributed by atoms with van der Waals surface area (Å²) in [5.41, 5.74) is 2.92. The van der Waals surface area contributed by atoms with Crippen molar-refractivity contribution in [1.82, 2.24) is 0 Å². The highest BCUT2D eigenvalue weighted by Gasteiger charge is 2.15. The number of phenols is 1. The average Bonchev–Trinajstić information content (AvgIpc) is 2.46. The van der Waals surface area contributed by atoms with Gasteiger partial charge in [0.25, 0.3) is 0 Å². The summed E-state index contributed by atoms with van der Waals surface area (Å²) in [6.45, 7) is 3.85. The van der Waals surface area contributed by atoms with Crippen LogP contribution in [0.4, 0.5) is 5.69 Å². The van der Waals surface area contributed by atoms with Crippen LogP contribution < -0.4 is 5.32 Å². The lowest BCUT2D eigenvalue weighted by atomic mass is 10.0. The third-order valence-electron chi connectivity index (χ3n) is 3.36. The van der Waals surface area contributed by atoms with E-state index in [4.69, 9.17) is 4.74 Å². The molecule has 4 heteroatoms. The monoisotopic (exact) mass is 285 g/mol. The molecule has 1 unspecified atom stereocenters. The number of benzene rings is 2. The fraction of sp³-hybridized carbons (Fsp3) is 0.235. The molecule has 0 amide bonds. The van der Waals surface area contributed by atoms with Gasteiger partial charge in [-0.3, -0.25) is 0 Å². The number of nitrogens with one attached hydrogen (secondary N) is 1. The highest BCUT2D eigenvalue weighted by Crippen LogP contribution is 2.29. The van der Waals surface area contributed by atoms with Gasteiger partial charge in [0.05, 0.1) is 18.7 Å². The third kappa shape index (κ3) is 3.34. The highest BCUT2D eigenvalue weighted by molar-refractivity contribution is 5.95. The minimum Gasteiger partial charge on any atom is -0.508 e. The summed E-state index contributed by atoms with van der Waals surface area (Å²) in [6, 6.07) is 12.5. The van der Waals surface area contributed by atoms with E-state index < -0.39 is 5.97 Å². The van der Waals surface area contributed by atoms with Crippen LogP contribution in [-0.4, -0.2) is 18.2 Å². The second kappa shape index (κ2) is 6.31. The van der Waals surface area contributed by atoms with Gasteiger partial charge in [-0.25, -0.2) is 4.79 Å². The normalized spacial score (nSPS) is 11.8. The predicted molar refractivity (Wildman–Crippen MR) is 82.7 cm³/mol. The molecule has 21 heavy (non-hydrogen) atoms. The van der Waals surface area contributed by atoms with E-state index in [0.717, 1.165) is 11.1 Å². The van der Waals surface area contributed by atoms with Gasteiger partial charge in [0.2, 0.25) is 0 Å². The Kier molecular flexibility index (Phi) is 4.48. The summed E-state index contributed by atoms with van der Waals surface area (Å²) in [5, 5.41) is 13.3. The fourth-order valence-corrected chi connectivity index (χ4v) is 2.23. The maximum Gasteiger partial charge on any atom is 0.339 e. The summed E-state index contributed by atoms with van der Waals surface area (Å²) in [5.74, 6) is -0.149. The van der Waals surface area contributed by atoms with Crippen LogP contribution in [0.25, 0.3) is 0 Å². The quantitative estimate of drug-likeness (QED) is 0.842. The molecule has 4 nitrogen and oxygen atoms in total. The van der Waals surface area contributed by atoms with Crippen LogP contribution in [0.3, 0.4) is 0 Å². The first-order valence-corrected chi connectivity index (χ1v) is 6.76. The number of hydrogen-bond acceptors (Lipinski definition) is 4. The number of aryl methyl sites for hydroxylation is 1. The number of anilines is 1. The Bertz CT molecular complexity index is 652. The van der Waals surface area contributed by atoms with E-state index >= 15 is 0 Å². The molecule has 0 spiro atoms. The number of carbonyl (C=O) groups excluding carboxylic acids is 1. The van der Waals surface area contributed by atoms with Gasteiger partial charge in [-0.05, 0) is 37.6 Å². The zero-order chi connectivity index (χ0) is 15.4. The minimum absolute atomic E-state index is 0.142. The molecule has 0 aliphatic carbocycles. The molecule has 0 aromatic heterocycles. The van der Waals surface area contributed by atoms with Gasteiger partial charge in [-0.1, -0.05) is 24.3 Å². The number of esters is 1. The Morgan fingerprint density at radius 3 is 2.62 bits per heavy atom. The summed E-state index contributed by atoms with van der Waals surface area (Å²) in [4.78, 5) is 11.8. The van der Waals surface area contributed by atoms with Gasteiger partial charge in [-0.15, -0.1) is 0 Å². The summed E-state index contributed by atoms with van der Waals surface area (Å²) in [7, 11) is 1.36. The molecule has 2 aromatic rings. The number of rotatable bonds is 4. The van der Waals surface area contributed by atoms with Crippen molar-refractivity contribution in [3.8, 4) is 5.75 Å². The van der Waals surface area contributed by atoms with E-state index in [1.54, 1.807) is 18.2 Å². The van der Waals surface area contributed by atoms with Gasteiger partial charge in [-0.2, -0.15) is 0 Å². The molecule has 0 aliphatic rings. The number of para-hydroxylation sites is 1. The van der Waals surface area contributed by atoms with Gasteiger partial charge >= 0.3 is 5.97 Å². The first-order valence-electron chi connectivity index (χ1n) is 6.76. The Balaban J connectivity index is 2.27. The Labute approximate surface area is 124 Å². The lowest BCUT2D eigenvalue weighted by Gasteiger charge is -2.19. The van der Waals surface area contributed by atoms with E-state index in [1.165, 1.54) is 7.11 Å². The molecule has 0 bridgehead atoms. The first-order chi connectivity index (χ1) is 10.0. The Morgan fingerprint density at radius 2 is 1.95 bits per heavy atom. The number of carbonyl (C=O) groups is 1. The van der Waals surface area contributed by atoms with Crippen molar-refractivity contribution in [2.75, 3.05) is 12.4 Å². The maximum atomic E-state index is 11.8. The van der Waals surface area contributed by atoms with Crippen molar-refractivity contribution in [3.05, 3.63) is 59.2 Å². The number of aromatic hydroxyl groups is 1. The molecule has 110 valence electrons. The highest BCUT2D eigenvalue weighted by atomic mass is 16.5. The van der Waals surface area contributed by atoms with Gasteiger partial charge in [0, 0.05) is 11.3 Å². The lowest BCUT2D eigenvalue weighted by molar-refractivity contribution is 0.0602. The molecular formula is C17H19NO3. The van der Waals surface area contributed by atoms with Crippen LogP contribution in [0.15, 0.2) is 42.5 Å². The third-order valence-corrected chi connectivity index (χ3v) is 3.36. The average molecular weight is 285 g/mol. The van der Waals surface area contributed by atoms with E-state index in [-0.39, 0.29) is 11.8 Å². The van der Waals surface area contributed by atoms with Crippen molar-refractivity contribution >= 4 is 11.7 Å². The van der Waals surface area contributed by atoms with Crippen molar-refractivity contribution in [2.45, 2.75) is 19.9 Å². The predicted octanol–water partition coefficient (Wildman–Crippen LogP) is 3.66. The van der Waals surface area contributed by atoms with Crippen molar-refractivity contribution in [2.24, 2.45) is 0 Å². The smallest absolute Gasteiger partial charge is 0.339 e. The molecule has 0 heterocycles. The van der Waals surface area contributed by atoms with Crippen LogP contribution in [-0.2, 0) is 4.74 Å². The van der Waals surface area contributed by atoms with Crippen molar-refractivity contribution in [1.29, 1.82) is 0 Å². The lowest BCUT2D eigenvalue weighted by Crippen LogP contribution is -2.11. The minimum atomic E-state index is -0.390. The number of methoxy groups -OCH3 is 1. The van der Waals surface area contributed by atoms with Crippen LogP contribution in [0.2, 0.25) is 0 Å². The molecule has 0 aliphatic heterocycles. The topological polar surface area (TPSA) is 58.6 Å². The Hall–Kier alpha value is -2.49. The van der Waals surface area contributed by atoms with Crippen molar-refractivity contribution < 1.29 is 14.6 Å². The molecule has 0 fully saturated rings. The molecule has 2 N–H and O–H groups in total. The number of phenolic OH excluding ortho intramolecular Hbond substituents is 1. The van der Waals surface area contributed by atoms with Crippen LogP contribution in [0.1, 0.15) is 34.5 Å². The Morgan fingerprint density at radius 1 is 1.24 bits per heavy atom. The SMILES string of the molecule is COC(=O)c1ccccc1NC(C)c1ccc(C)cc1O. The molecule has 2 aromatic carbocycles. The molecule has 1 atom stereocenters. The van der Waals surface area contributed by atoms with E-state index in [9.17, 15) is 9.90 Å². The fourth-order valence-electron chi connectivity index (χ4n) is 2.23. The van der Waals surface area contributed by atoms with Crippen LogP contribution in [0, 0.1) is 6.92 Å². The molecule has 0 saturated carbocycles. The van der Waals surface area contributed by atoms with Crippen LogP contribution >= 0.6 is 0 Å². The standard InChI is InChI=1S/C17H19NO3/c1-11-8-9-13(16(19)10-11)12(2)18-15-7-5-4-6-14(15)17(20)21-3/h4-10,12,18-19H,1-3H3. The van der Waals surface area contributed by atoms with E-state index in [0.29, 0.717) is 11.3 Å². The summed E-state index contributed by atoms with van der Waals surface area (Å²) in [6.07, 6.45) is 0. The number of ether oxygens (including phenoxy) is 1. The maximum absolute atomic E-state index is 11.8. The second-order valence-electron chi connectivity index (χ2n) is 4.97. The molecule has 0 radical (unpaired) electrons. The second-order valence-corrected chi connectivity index (χ2v) is 4.97. The van der Waals surface area contributed by atoms with E-state index in [1.807, 2.05) is 38.1 Å². The zero-order valence-electron chi connectivity index (χ0n) is 12.4. The van der Waals surface area contributed by atoms with Crippen molar-refractivity contribution in [3.63, 3.8) is 0 Å². The largest absolute Gasteiger partial charge is 0.508 e. The molecule has 0 saturated heterocycles. The van der Waals surface area contributed by atoms with Gasteiger partial charge in [0.15, 0.2) is 0 Å². The molecule has 2 rings (SSSR count). The summed E-state index contributed by atoms with van der Waals surface area (Å²) >= 11 is 0. The van der Waals surface area contributed by atoms with E-state index in [2.05, 4.69) is 5.32 Å². The zero-order valence-corrected chi connectivity index (χ0v) is 12.4. The van der Waals surface area contributed by atoms with Gasteiger partial charge < -0.3 is 15.2 Å².